The number of aryl methyl sites for hydroxylation is 1. The van der Waals surface area contributed by atoms with Gasteiger partial charge in [-0.2, -0.15) is 0 Å². The molecule has 0 spiro atoms. The first-order valence-electron chi connectivity index (χ1n) is 7.78. The lowest BCUT2D eigenvalue weighted by Gasteiger charge is -2.17. The van der Waals surface area contributed by atoms with E-state index in [-0.39, 0.29) is 5.91 Å². The van der Waals surface area contributed by atoms with Crippen molar-refractivity contribution in [2.75, 3.05) is 4.90 Å². The minimum atomic E-state index is -0.0522. The molecule has 0 unspecified atom stereocenters. The zero-order valence-electron chi connectivity index (χ0n) is 13.3. The van der Waals surface area contributed by atoms with Gasteiger partial charge < -0.3 is 0 Å². The molecule has 2 aromatic carbocycles. The first-order valence-corrected chi connectivity index (χ1v) is 9.00. The molecule has 3 rings (SSSR count). The van der Waals surface area contributed by atoms with Crippen molar-refractivity contribution < 1.29 is 4.79 Å². The second kappa shape index (κ2) is 7.60. The Balaban J connectivity index is 1.84. The summed E-state index contributed by atoms with van der Waals surface area (Å²) in [6, 6.07) is 17.9. The number of hydrogen-bond donors (Lipinski definition) is 0. The Labute approximate surface area is 151 Å². The summed E-state index contributed by atoms with van der Waals surface area (Å²) in [5.41, 5.74) is 3.10. The molecule has 1 saturated heterocycles. The lowest BCUT2D eigenvalue weighted by Crippen LogP contribution is -2.28. The Morgan fingerprint density at radius 3 is 2.54 bits per heavy atom. The van der Waals surface area contributed by atoms with Crippen LogP contribution in [0, 0.1) is 0 Å². The van der Waals surface area contributed by atoms with Gasteiger partial charge in [0.25, 0.3) is 5.91 Å². The predicted octanol–water partition coefficient (Wildman–Crippen LogP) is 5.21. The third-order valence-electron chi connectivity index (χ3n) is 3.74. The molecule has 120 valence electrons. The number of amides is 1. The van der Waals surface area contributed by atoms with Crippen LogP contribution < -0.4 is 4.90 Å². The van der Waals surface area contributed by atoms with Crippen molar-refractivity contribution in [1.29, 1.82) is 0 Å². The van der Waals surface area contributed by atoms with Crippen molar-refractivity contribution in [3.8, 4) is 0 Å². The van der Waals surface area contributed by atoms with Gasteiger partial charge in [0.2, 0.25) is 0 Å². The van der Waals surface area contributed by atoms with Crippen molar-refractivity contribution in [3.05, 3.63) is 82.8 Å². The van der Waals surface area contributed by atoms with Crippen LogP contribution >= 0.6 is 24.0 Å². The summed E-state index contributed by atoms with van der Waals surface area (Å²) >= 11 is 6.78. The second-order valence-electron chi connectivity index (χ2n) is 5.29. The number of thiocarbonyl (C=S) groups is 1. The zero-order chi connectivity index (χ0) is 16.9. The molecule has 2 nitrogen and oxygen atoms in total. The smallest absolute Gasteiger partial charge is 0.268 e. The van der Waals surface area contributed by atoms with Crippen LogP contribution in [0.3, 0.4) is 0 Å². The van der Waals surface area contributed by atoms with Gasteiger partial charge in [-0.3, -0.25) is 9.69 Å². The number of carbonyl (C=O) groups excluding carboxylic acids is 1. The molecule has 0 aromatic heterocycles. The van der Waals surface area contributed by atoms with Crippen LogP contribution in [-0.4, -0.2) is 10.2 Å². The summed E-state index contributed by atoms with van der Waals surface area (Å²) in [6.45, 7) is 2.08. The maximum Gasteiger partial charge on any atom is 0.270 e. The highest BCUT2D eigenvalue weighted by Gasteiger charge is 2.33. The number of carbonyl (C=O) groups is 1. The summed E-state index contributed by atoms with van der Waals surface area (Å²) in [7, 11) is 0. The molecule has 1 heterocycles. The maximum atomic E-state index is 12.7. The molecule has 0 atom stereocenters. The SMILES string of the molecule is CCc1ccccc1N1C(=O)/C(=C/C=C/c2ccccc2)SC1=S. The first-order chi connectivity index (χ1) is 11.7. The molecule has 0 bridgehead atoms. The average Bonchev–Trinajstić information content (AvgIpc) is 2.89. The highest BCUT2D eigenvalue weighted by atomic mass is 32.2. The average molecular weight is 351 g/mol. The van der Waals surface area contributed by atoms with Gasteiger partial charge in [0.15, 0.2) is 4.32 Å². The van der Waals surface area contributed by atoms with Gasteiger partial charge in [-0.15, -0.1) is 0 Å². The fourth-order valence-electron chi connectivity index (χ4n) is 2.53. The standard InChI is InChI=1S/C20H17NOS2/c1-2-16-12-6-7-13-17(16)21-19(22)18(24-20(21)23)14-8-11-15-9-4-3-5-10-15/h3-14H,2H2,1H3/b11-8+,18-14-. The largest absolute Gasteiger partial charge is 0.270 e. The van der Waals surface area contributed by atoms with E-state index in [4.69, 9.17) is 12.2 Å². The van der Waals surface area contributed by atoms with Gasteiger partial charge in [-0.1, -0.05) is 91.6 Å². The summed E-state index contributed by atoms with van der Waals surface area (Å²) in [4.78, 5) is 15.0. The van der Waals surface area contributed by atoms with Crippen molar-refractivity contribution in [2.24, 2.45) is 0 Å². The van der Waals surface area contributed by atoms with E-state index in [2.05, 4.69) is 6.92 Å². The summed E-state index contributed by atoms with van der Waals surface area (Å²) < 4.78 is 0.584. The Morgan fingerprint density at radius 1 is 1.08 bits per heavy atom. The molecule has 1 aliphatic rings. The minimum Gasteiger partial charge on any atom is -0.268 e. The van der Waals surface area contributed by atoms with E-state index >= 15 is 0 Å². The number of hydrogen-bond acceptors (Lipinski definition) is 3. The minimum absolute atomic E-state index is 0.0522. The van der Waals surface area contributed by atoms with Crippen LogP contribution in [0.15, 0.2) is 71.7 Å². The molecule has 0 saturated carbocycles. The number of allylic oxidation sites excluding steroid dienone is 2. The van der Waals surface area contributed by atoms with Crippen LogP contribution in [0.2, 0.25) is 0 Å². The number of rotatable bonds is 4. The quantitative estimate of drug-likeness (QED) is 0.557. The van der Waals surface area contributed by atoms with E-state index in [0.717, 1.165) is 23.2 Å². The lowest BCUT2D eigenvalue weighted by molar-refractivity contribution is -0.113. The highest BCUT2D eigenvalue weighted by Crippen LogP contribution is 2.36. The molecule has 0 radical (unpaired) electrons. The predicted molar refractivity (Wildman–Crippen MR) is 107 cm³/mol. The van der Waals surface area contributed by atoms with Crippen molar-refractivity contribution in [1.82, 2.24) is 0 Å². The third kappa shape index (κ3) is 3.50. The Morgan fingerprint density at radius 2 is 1.79 bits per heavy atom. The van der Waals surface area contributed by atoms with Crippen LogP contribution in [0.5, 0.6) is 0 Å². The van der Waals surface area contributed by atoms with E-state index in [0.29, 0.717) is 9.23 Å². The molecule has 0 aliphatic carbocycles. The highest BCUT2D eigenvalue weighted by molar-refractivity contribution is 8.27. The number of benzene rings is 2. The van der Waals surface area contributed by atoms with Crippen molar-refractivity contribution in [2.45, 2.75) is 13.3 Å². The van der Waals surface area contributed by atoms with E-state index in [1.807, 2.05) is 72.8 Å². The molecule has 4 heteroatoms. The summed E-state index contributed by atoms with van der Waals surface area (Å²) in [5.74, 6) is -0.0522. The number of anilines is 1. The summed E-state index contributed by atoms with van der Waals surface area (Å²) in [5, 5.41) is 0. The second-order valence-corrected chi connectivity index (χ2v) is 6.97. The van der Waals surface area contributed by atoms with Gasteiger partial charge in [-0.05, 0) is 29.7 Å². The Hall–Kier alpha value is -2.17. The molecule has 1 fully saturated rings. The molecule has 0 N–H and O–H groups in total. The van der Waals surface area contributed by atoms with Crippen LogP contribution in [0.4, 0.5) is 5.69 Å². The third-order valence-corrected chi connectivity index (χ3v) is 5.06. The van der Waals surface area contributed by atoms with Crippen LogP contribution in [0.1, 0.15) is 18.1 Å². The van der Waals surface area contributed by atoms with Crippen LogP contribution in [-0.2, 0) is 11.2 Å². The molecule has 1 aliphatic heterocycles. The van der Waals surface area contributed by atoms with Gasteiger partial charge in [-0.25, -0.2) is 0 Å². The molecule has 24 heavy (non-hydrogen) atoms. The van der Waals surface area contributed by atoms with Gasteiger partial charge in [0.05, 0.1) is 10.6 Å². The molecule has 2 aromatic rings. The number of para-hydroxylation sites is 1. The van der Waals surface area contributed by atoms with Gasteiger partial charge in [0.1, 0.15) is 0 Å². The lowest BCUT2D eigenvalue weighted by atomic mass is 10.1. The van der Waals surface area contributed by atoms with E-state index in [1.165, 1.54) is 11.8 Å². The molecular formula is C20H17NOS2. The van der Waals surface area contributed by atoms with E-state index in [1.54, 1.807) is 4.90 Å². The fourth-order valence-corrected chi connectivity index (χ4v) is 3.76. The Kier molecular flexibility index (Phi) is 5.28. The zero-order valence-corrected chi connectivity index (χ0v) is 14.9. The van der Waals surface area contributed by atoms with Crippen molar-refractivity contribution in [3.63, 3.8) is 0 Å². The number of thioether (sulfide) groups is 1. The van der Waals surface area contributed by atoms with Gasteiger partial charge in [0, 0.05) is 0 Å². The topological polar surface area (TPSA) is 20.3 Å². The maximum absolute atomic E-state index is 12.7. The monoisotopic (exact) mass is 351 g/mol. The van der Waals surface area contributed by atoms with Crippen LogP contribution in [0.25, 0.3) is 6.08 Å². The van der Waals surface area contributed by atoms with E-state index in [9.17, 15) is 4.79 Å². The van der Waals surface area contributed by atoms with Gasteiger partial charge >= 0.3 is 0 Å². The van der Waals surface area contributed by atoms with Crippen molar-refractivity contribution >= 4 is 46.0 Å². The Bertz CT molecular complexity index is 825. The first kappa shape index (κ1) is 16.7. The summed E-state index contributed by atoms with van der Waals surface area (Å²) in [6.07, 6.45) is 6.57. The normalized spacial score (nSPS) is 16.5. The van der Waals surface area contributed by atoms with E-state index < -0.39 is 0 Å². The number of nitrogens with zero attached hydrogens (tertiary/aromatic N) is 1. The molecule has 1 amide bonds. The fraction of sp³-hybridized carbons (Fsp3) is 0.100. The molecular weight excluding hydrogens is 334 g/mol.